The van der Waals surface area contributed by atoms with Crippen LogP contribution in [0.3, 0.4) is 0 Å². The molecule has 18 heavy (non-hydrogen) atoms. The molecule has 0 saturated heterocycles. The summed E-state index contributed by atoms with van der Waals surface area (Å²) in [7, 11) is 1.54. The first-order valence-electron chi connectivity index (χ1n) is 5.56. The normalized spacial score (nSPS) is 12.2. The van der Waals surface area contributed by atoms with Crippen molar-refractivity contribution in [3.05, 3.63) is 53.9 Å². The van der Waals surface area contributed by atoms with Gasteiger partial charge in [0.2, 0.25) is 0 Å². The summed E-state index contributed by atoms with van der Waals surface area (Å²) in [6.45, 7) is 0.282. The van der Waals surface area contributed by atoms with Gasteiger partial charge in [-0.1, -0.05) is 0 Å². The van der Waals surface area contributed by atoms with Crippen molar-refractivity contribution in [1.82, 2.24) is 9.97 Å². The summed E-state index contributed by atoms with van der Waals surface area (Å²) in [5.41, 5.74) is 6.41. The highest BCUT2D eigenvalue weighted by Crippen LogP contribution is 2.29. The number of aromatic nitrogens is 2. The minimum atomic E-state index is -0.333. The zero-order valence-corrected chi connectivity index (χ0v) is 10.0. The molecule has 0 amide bonds. The lowest BCUT2D eigenvalue weighted by molar-refractivity contribution is 0.405. The summed E-state index contributed by atoms with van der Waals surface area (Å²) in [6.07, 6.45) is 3.27. The molecule has 0 saturated carbocycles. The van der Waals surface area contributed by atoms with Crippen LogP contribution in [-0.4, -0.2) is 23.6 Å². The minimum Gasteiger partial charge on any atom is -0.496 e. The maximum atomic E-state index is 13.4. The van der Waals surface area contributed by atoms with Crippen LogP contribution in [0.2, 0.25) is 0 Å². The first kappa shape index (κ1) is 12.4. The molecule has 0 radical (unpaired) electrons. The molecule has 1 atom stereocenters. The van der Waals surface area contributed by atoms with Gasteiger partial charge in [-0.25, -0.2) is 14.4 Å². The predicted molar refractivity (Wildman–Crippen MR) is 65.9 cm³/mol. The number of methoxy groups -OCH3 is 1. The van der Waals surface area contributed by atoms with E-state index in [0.29, 0.717) is 17.1 Å². The van der Waals surface area contributed by atoms with E-state index in [4.69, 9.17) is 10.5 Å². The van der Waals surface area contributed by atoms with Crippen molar-refractivity contribution in [2.45, 2.75) is 5.92 Å². The van der Waals surface area contributed by atoms with E-state index in [1.807, 2.05) is 0 Å². The second kappa shape index (κ2) is 5.55. The lowest BCUT2D eigenvalue weighted by atomic mass is 9.97. The Hall–Kier alpha value is -2.01. The van der Waals surface area contributed by atoms with Gasteiger partial charge in [-0.05, 0) is 24.3 Å². The zero-order valence-electron chi connectivity index (χ0n) is 10.0. The fraction of sp³-hybridized carbons (Fsp3) is 0.231. The molecule has 1 aromatic heterocycles. The number of nitrogens with zero attached hydrogens (tertiary/aromatic N) is 2. The van der Waals surface area contributed by atoms with E-state index in [0.717, 1.165) is 0 Å². The fourth-order valence-corrected chi connectivity index (χ4v) is 1.84. The average Bonchev–Trinajstić information content (AvgIpc) is 2.41. The third kappa shape index (κ3) is 2.46. The van der Waals surface area contributed by atoms with Crippen molar-refractivity contribution in [3.63, 3.8) is 0 Å². The number of rotatable bonds is 4. The molecule has 0 aliphatic heterocycles. The van der Waals surface area contributed by atoms with Gasteiger partial charge >= 0.3 is 0 Å². The molecule has 0 aliphatic rings. The van der Waals surface area contributed by atoms with Crippen LogP contribution >= 0.6 is 0 Å². The largest absolute Gasteiger partial charge is 0.496 e. The molecular formula is C13H14FN3O. The average molecular weight is 247 g/mol. The molecule has 2 N–H and O–H groups in total. The van der Waals surface area contributed by atoms with E-state index in [1.165, 1.54) is 19.2 Å². The first-order chi connectivity index (χ1) is 8.76. The van der Waals surface area contributed by atoms with Gasteiger partial charge in [0.25, 0.3) is 0 Å². The van der Waals surface area contributed by atoms with Crippen molar-refractivity contribution in [2.24, 2.45) is 5.73 Å². The summed E-state index contributed by atoms with van der Waals surface area (Å²) in [6, 6.07) is 6.06. The van der Waals surface area contributed by atoms with E-state index in [1.54, 1.807) is 24.5 Å². The standard InChI is InChI=1S/C13H14FN3O/c1-18-12-4-3-9(14)7-10(12)11(8-15)13-16-5-2-6-17-13/h2-7,11H,8,15H2,1H3. The van der Waals surface area contributed by atoms with Crippen molar-refractivity contribution < 1.29 is 9.13 Å². The van der Waals surface area contributed by atoms with Gasteiger partial charge in [0.05, 0.1) is 13.0 Å². The van der Waals surface area contributed by atoms with Crippen LogP contribution < -0.4 is 10.5 Å². The van der Waals surface area contributed by atoms with Crippen LogP contribution in [0, 0.1) is 5.82 Å². The first-order valence-corrected chi connectivity index (χ1v) is 5.56. The summed E-state index contributed by atoms with van der Waals surface area (Å²) in [5, 5.41) is 0. The van der Waals surface area contributed by atoms with E-state index in [2.05, 4.69) is 9.97 Å². The topological polar surface area (TPSA) is 61.0 Å². The van der Waals surface area contributed by atoms with Gasteiger partial charge in [0.15, 0.2) is 0 Å². The van der Waals surface area contributed by atoms with E-state index < -0.39 is 0 Å². The van der Waals surface area contributed by atoms with Crippen molar-refractivity contribution >= 4 is 0 Å². The Morgan fingerprint density at radius 3 is 2.67 bits per heavy atom. The Labute approximate surface area is 105 Å². The van der Waals surface area contributed by atoms with Gasteiger partial charge < -0.3 is 10.5 Å². The Morgan fingerprint density at radius 1 is 1.33 bits per heavy atom. The Morgan fingerprint density at radius 2 is 2.06 bits per heavy atom. The van der Waals surface area contributed by atoms with Gasteiger partial charge in [0.1, 0.15) is 17.4 Å². The van der Waals surface area contributed by atoms with E-state index in [9.17, 15) is 4.39 Å². The molecule has 0 fully saturated rings. The summed E-state index contributed by atoms with van der Waals surface area (Å²) < 4.78 is 18.6. The highest BCUT2D eigenvalue weighted by molar-refractivity contribution is 5.40. The van der Waals surface area contributed by atoms with E-state index in [-0.39, 0.29) is 18.3 Å². The second-order valence-electron chi connectivity index (χ2n) is 3.78. The maximum absolute atomic E-state index is 13.4. The molecule has 0 aliphatic carbocycles. The Balaban J connectivity index is 2.48. The Kier molecular flexibility index (Phi) is 3.84. The molecule has 0 bridgehead atoms. The number of hydrogen-bond donors (Lipinski definition) is 1. The van der Waals surface area contributed by atoms with Crippen molar-refractivity contribution in [3.8, 4) is 5.75 Å². The number of halogens is 1. The van der Waals surface area contributed by atoms with Gasteiger partial charge in [0, 0.05) is 24.5 Å². The van der Waals surface area contributed by atoms with Crippen LogP contribution in [0.4, 0.5) is 4.39 Å². The smallest absolute Gasteiger partial charge is 0.137 e. The molecule has 2 rings (SSSR count). The van der Waals surface area contributed by atoms with Crippen LogP contribution in [0.15, 0.2) is 36.7 Å². The molecule has 4 nitrogen and oxygen atoms in total. The molecule has 1 heterocycles. The van der Waals surface area contributed by atoms with Crippen LogP contribution in [-0.2, 0) is 0 Å². The maximum Gasteiger partial charge on any atom is 0.137 e. The van der Waals surface area contributed by atoms with Crippen molar-refractivity contribution in [2.75, 3.05) is 13.7 Å². The fourth-order valence-electron chi connectivity index (χ4n) is 1.84. The number of hydrogen-bond acceptors (Lipinski definition) is 4. The highest BCUT2D eigenvalue weighted by atomic mass is 19.1. The van der Waals surface area contributed by atoms with Crippen LogP contribution in [0.1, 0.15) is 17.3 Å². The third-order valence-corrected chi connectivity index (χ3v) is 2.70. The SMILES string of the molecule is COc1ccc(F)cc1C(CN)c1ncccn1. The van der Waals surface area contributed by atoms with Gasteiger partial charge in [-0.3, -0.25) is 0 Å². The number of nitrogens with two attached hydrogens (primary N) is 1. The van der Waals surface area contributed by atoms with Crippen LogP contribution in [0.25, 0.3) is 0 Å². The number of ether oxygens (including phenoxy) is 1. The molecule has 1 unspecified atom stereocenters. The molecule has 94 valence electrons. The lowest BCUT2D eigenvalue weighted by Crippen LogP contribution is -2.17. The third-order valence-electron chi connectivity index (χ3n) is 2.70. The summed E-state index contributed by atoms with van der Waals surface area (Å²) in [5.74, 6) is 0.528. The zero-order chi connectivity index (χ0) is 13.0. The monoisotopic (exact) mass is 247 g/mol. The van der Waals surface area contributed by atoms with Crippen molar-refractivity contribution in [1.29, 1.82) is 0 Å². The lowest BCUT2D eigenvalue weighted by Gasteiger charge is -2.16. The molecule has 0 spiro atoms. The second-order valence-corrected chi connectivity index (χ2v) is 3.78. The van der Waals surface area contributed by atoms with Gasteiger partial charge in [-0.15, -0.1) is 0 Å². The van der Waals surface area contributed by atoms with Gasteiger partial charge in [-0.2, -0.15) is 0 Å². The highest BCUT2D eigenvalue weighted by Gasteiger charge is 2.19. The summed E-state index contributed by atoms with van der Waals surface area (Å²) in [4.78, 5) is 8.32. The summed E-state index contributed by atoms with van der Waals surface area (Å²) >= 11 is 0. The molecular weight excluding hydrogens is 233 g/mol. The Bertz CT molecular complexity index is 519. The van der Waals surface area contributed by atoms with E-state index >= 15 is 0 Å². The molecule has 5 heteroatoms. The number of benzene rings is 1. The minimum absolute atomic E-state index is 0.281. The quantitative estimate of drug-likeness (QED) is 0.893. The van der Waals surface area contributed by atoms with Crippen LogP contribution in [0.5, 0.6) is 5.75 Å². The predicted octanol–water partition coefficient (Wildman–Crippen LogP) is 1.71. The molecule has 1 aromatic carbocycles. The molecule has 2 aromatic rings.